The van der Waals surface area contributed by atoms with E-state index in [0.29, 0.717) is 28.4 Å². The van der Waals surface area contributed by atoms with Crippen LogP contribution in [0, 0.1) is 11.3 Å². The van der Waals surface area contributed by atoms with Gasteiger partial charge >= 0.3 is 0 Å². The van der Waals surface area contributed by atoms with E-state index in [1.807, 2.05) is 42.5 Å². The van der Waals surface area contributed by atoms with Crippen molar-refractivity contribution in [1.82, 2.24) is 15.3 Å². The van der Waals surface area contributed by atoms with Gasteiger partial charge in [-0.1, -0.05) is 18.2 Å². The Morgan fingerprint density at radius 2 is 1.81 bits per heavy atom. The standard InChI is InChI=1S/C28H25N5O4/c1-17(34)33-23-7-5-19(6-8-23)21-12-24-22(16-31-27(24)30-15-21)11-20(13-29)28(35)32-14-18-4-9-25(36-2)26(10-18)37-3/h4-12,15-16H,14H2,1-3H3,(H,30,31)(H,32,35)(H,33,34)/b20-11+. The number of aromatic amines is 1. The highest BCUT2D eigenvalue weighted by molar-refractivity contribution is 6.04. The highest BCUT2D eigenvalue weighted by Crippen LogP contribution is 2.28. The summed E-state index contributed by atoms with van der Waals surface area (Å²) >= 11 is 0. The number of ether oxygens (including phenoxy) is 2. The number of amides is 2. The minimum absolute atomic E-state index is 0.0357. The number of fused-ring (bicyclic) bond motifs is 1. The van der Waals surface area contributed by atoms with E-state index in [4.69, 9.17) is 9.47 Å². The van der Waals surface area contributed by atoms with Gasteiger partial charge in [0.1, 0.15) is 17.3 Å². The Hall–Kier alpha value is -5.10. The Balaban J connectivity index is 1.54. The molecule has 186 valence electrons. The van der Waals surface area contributed by atoms with E-state index in [1.165, 1.54) is 13.0 Å². The lowest BCUT2D eigenvalue weighted by atomic mass is 10.0. The van der Waals surface area contributed by atoms with Crippen molar-refractivity contribution in [3.8, 4) is 28.7 Å². The first-order chi connectivity index (χ1) is 17.9. The summed E-state index contributed by atoms with van der Waals surface area (Å²) in [6, 6.07) is 16.7. The number of methoxy groups -OCH3 is 2. The molecule has 3 N–H and O–H groups in total. The molecule has 0 saturated heterocycles. The number of rotatable bonds is 8. The SMILES string of the molecule is COc1ccc(CNC(=O)/C(C#N)=C/c2c[nH]c3ncc(-c4ccc(NC(C)=O)cc4)cc23)cc1OC. The Kier molecular flexibility index (Phi) is 7.50. The molecule has 2 aromatic carbocycles. The lowest BCUT2D eigenvalue weighted by molar-refractivity contribution is -0.117. The van der Waals surface area contributed by atoms with Crippen LogP contribution in [0.15, 0.2) is 66.5 Å². The van der Waals surface area contributed by atoms with Gasteiger partial charge in [0, 0.05) is 48.1 Å². The molecule has 2 aromatic heterocycles. The molecule has 37 heavy (non-hydrogen) atoms. The van der Waals surface area contributed by atoms with Crippen LogP contribution in [0.1, 0.15) is 18.1 Å². The summed E-state index contributed by atoms with van der Waals surface area (Å²) in [5.41, 5.74) is 4.53. The quantitative estimate of drug-likeness (QED) is 0.245. The number of nitrogens with zero attached hydrogens (tertiary/aromatic N) is 2. The van der Waals surface area contributed by atoms with Gasteiger partial charge in [-0.3, -0.25) is 9.59 Å². The molecule has 0 saturated carbocycles. The maximum atomic E-state index is 12.8. The van der Waals surface area contributed by atoms with Crippen molar-refractivity contribution >= 4 is 34.6 Å². The highest BCUT2D eigenvalue weighted by atomic mass is 16.5. The molecule has 2 heterocycles. The third-order valence-corrected chi connectivity index (χ3v) is 5.67. The number of hydrogen-bond donors (Lipinski definition) is 3. The minimum atomic E-state index is -0.496. The fourth-order valence-corrected chi connectivity index (χ4v) is 3.82. The molecule has 0 aliphatic rings. The van der Waals surface area contributed by atoms with Gasteiger partial charge < -0.3 is 25.1 Å². The molecule has 0 bridgehead atoms. The number of pyridine rings is 1. The molecular weight excluding hydrogens is 470 g/mol. The number of carbonyl (C=O) groups excluding carboxylic acids is 2. The zero-order valence-electron chi connectivity index (χ0n) is 20.6. The van der Waals surface area contributed by atoms with Gasteiger partial charge in [0.05, 0.1) is 14.2 Å². The Morgan fingerprint density at radius 1 is 1.05 bits per heavy atom. The van der Waals surface area contributed by atoms with Gasteiger partial charge in [-0.2, -0.15) is 5.26 Å². The first-order valence-corrected chi connectivity index (χ1v) is 11.4. The number of aromatic nitrogens is 2. The van der Waals surface area contributed by atoms with Crippen LogP contribution in [0.5, 0.6) is 11.5 Å². The van der Waals surface area contributed by atoms with Crippen molar-refractivity contribution in [3.05, 3.63) is 77.6 Å². The van der Waals surface area contributed by atoms with Crippen LogP contribution in [0.4, 0.5) is 5.69 Å². The van der Waals surface area contributed by atoms with Crippen molar-refractivity contribution < 1.29 is 19.1 Å². The Labute approximate surface area is 213 Å². The van der Waals surface area contributed by atoms with E-state index < -0.39 is 5.91 Å². The van der Waals surface area contributed by atoms with Gasteiger partial charge in [-0.25, -0.2) is 4.98 Å². The first-order valence-electron chi connectivity index (χ1n) is 11.4. The van der Waals surface area contributed by atoms with E-state index in [-0.39, 0.29) is 18.0 Å². The summed E-state index contributed by atoms with van der Waals surface area (Å²) in [7, 11) is 3.09. The minimum Gasteiger partial charge on any atom is -0.493 e. The van der Waals surface area contributed by atoms with Crippen molar-refractivity contribution in [2.75, 3.05) is 19.5 Å². The first kappa shape index (κ1) is 25.0. The van der Waals surface area contributed by atoms with Gasteiger partial charge in [0.2, 0.25) is 5.91 Å². The number of benzene rings is 2. The zero-order chi connectivity index (χ0) is 26.4. The second-order valence-corrected chi connectivity index (χ2v) is 8.16. The largest absolute Gasteiger partial charge is 0.493 e. The molecule has 9 nitrogen and oxygen atoms in total. The number of hydrogen-bond acceptors (Lipinski definition) is 6. The molecule has 0 aliphatic heterocycles. The van der Waals surface area contributed by atoms with Crippen molar-refractivity contribution in [2.45, 2.75) is 13.5 Å². The van der Waals surface area contributed by atoms with E-state index in [2.05, 4.69) is 20.6 Å². The smallest absolute Gasteiger partial charge is 0.262 e. The number of nitrogens with one attached hydrogen (secondary N) is 3. The third-order valence-electron chi connectivity index (χ3n) is 5.67. The maximum Gasteiger partial charge on any atom is 0.262 e. The molecule has 9 heteroatoms. The lowest BCUT2D eigenvalue weighted by Gasteiger charge is -2.10. The van der Waals surface area contributed by atoms with Crippen LogP contribution in [0.2, 0.25) is 0 Å². The molecule has 0 fully saturated rings. The average molecular weight is 496 g/mol. The fraction of sp³-hybridized carbons (Fsp3) is 0.143. The molecule has 4 rings (SSSR count). The van der Waals surface area contributed by atoms with Crippen LogP contribution in [-0.4, -0.2) is 36.0 Å². The van der Waals surface area contributed by atoms with Crippen LogP contribution in [0.3, 0.4) is 0 Å². The predicted molar refractivity (Wildman–Crippen MR) is 141 cm³/mol. The topological polar surface area (TPSA) is 129 Å². The monoisotopic (exact) mass is 495 g/mol. The van der Waals surface area contributed by atoms with E-state index in [1.54, 1.807) is 38.7 Å². The van der Waals surface area contributed by atoms with Crippen LogP contribution >= 0.6 is 0 Å². The number of nitriles is 1. The normalized spacial score (nSPS) is 11.0. The molecule has 0 atom stereocenters. The van der Waals surface area contributed by atoms with Crippen LogP contribution < -0.4 is 20.1 Å². The molecule has 4 aromatic rings. The highest BCUT2D eigenvalue weighted by Gasteiger charge is 2.13. The molecule has 0 radical (unpaired) electrons. The van der Waals surface area contributed by atoms with Gasteiger partial charge in [0.15, 0.2) is 11.5 Å². The molecule has 0 unspecified atom stereocenters. The summed E-state index contributed by atoms with van der Waals surface area (Å²) in [6.07, 6.45) is 4.98. The molecular formula is C28H25N5O4. The van der Waals surface area contributed by atoms with Crippen molar-refractivity contribution in [3.63, 3.8) is 0 Å². The second kappa shape index (κ2) is 11.1. The van der Waals surface area contributed by atoms with E-state index >= 15 is 0 Å². The van der Waals surface area contributed by atoms with Gasteiger partial charge in [-0.05, 0) is 47.5 Å². The molecule has 0 aliphatic carbocycles. The number of anilines is 1. The fourth-order valence-electron chi connectivity index (χ4n) is 3.82. The summed E-state index contributed by atoms with van der Waals surface area (Å²) < 4.78 is 10.5. The summed E-state index contributed by atoms with van der Waals surface area (Å²) in [5, 5.41) is 15.9. The molecule has 0 spiro atoms. The van der Waals surface area contributed by atoms with E-state index in [0.717, 1.165) is 22.1 Å². The predicted octanol–water partition coefficient (Wildman–Crippen LogP) is 4.43. The lowest BCUT2D eigenvalue weighted by Crippen LogP contribution is -2.24. The Bertz CT molecular complexity index is 1530. The number of H-pyrrole nitrogens is 1. The molecule has 2 amide bonds. The van der Waals surface area contributed by atoms with Crippen LogP contribution in [0.25, 0.3) is 28.2 Å². The van der Waals surface area contributed by atoms with Crippen LogP contribution in [-0.2, 0) is 16.1 Å². The van der Waals surface area contributed by atoms with E-state index in [9.17, 15) is 14.9 Å². The zero-order valence-corrected chi connectivity index (χ0v) is 20.6. The summed E-state index contributed by atoms with van der Waals surface area (Å²) in [5.74, 6) is 0.508. The third kappa shape index (κ3) is 5.77. The second-order valence-electron chi connectivity index (χ2n) is 8.16. The van der Waals surface area contributed by atoms with Crippen molar-refractivity contribution in [1.29, 1.82) is 5.26 Å². The summed E-state index contributed by atoms with van der Waals surface area (Å²) in [6.45, 7) is 1.67. The Morgan fingerprint density at radius 3 is 2.49 bits per heavy atom. The number of carbonyl (C=O) groups is 2. The summed E-state index contributed by atoms with van der Waals surface area (Å²) in [4.78, 5) is 31.6. The van der Waals surface area contributed by atoms with Gasteiger partial charge in [0.25, 0.3) is 5.91 Å². The van der Waals surface area contributed by atoms with Gasteiger partial charge in [-0.15, -0.1) is 0 Å². The maximum absolute atomic E-state index is 12.8. The average Bonchev–Trinajstić information content (AvgIpc) is 3.32. The van der Waals surface area contributed by atoms with Crippen molar-refractivity contribution in [2.24, 2.45) is 0 Å².